The van der Waals surface area contributed by atoms with Gasteiger partial charge in [-0.15, -0.1) is 0 Å². The van der Waals surface area contributed by atoms with Gasteiger partial charge in [0.15, 0.2) is 11.2 Å². The van der Waals surface area contributed by atoms with Gasteiger partial charge >= 0.3 is 5.69 Å². The van der Waals surface area contributed by atoms with Crippen LogP contribution in [0.15, 0.2) is 9.59 Å². The molecule has 0 radical (unpaired) electrons. The van der Waals surface area contributed by atoms with E-state index in [1.807, 2.05) is 32.3 Å². The molecule has 24 heavy (non-hydrogen) atoms. The van der Waals surface area contributed by atoms with Crippen LogP contribution in [0.25, 0.3) is 16.9 Å². The van der Waals surface area contributed by atoms with Gasteiger partial charge in [0.05, 0.1) is 0 Å². The van der Waals surface area contributed by atoms with Crippen LogP contribution in [-0.2, 0) is 18.4 Å². The van der Waals surface area contributed by atoms with Crippen LogP contribution in [0.2, 0.25) is 0 Å². The van der Waals surface area contributed by atoms with E-state index in [4.69, 9.17) is 5.73 Å². The summed E-state index contributed by atoms with van der Waals surface area (Å²) in [5.41, 5.74) is 6.40. The molecule has 0 spiro atoms. The lowest BCUT2D eigenvalue weighted by Crippen LogP contribution is -2.42. The van der Waals surface area contributed by atoms with E-state index in [1.54, 1.807) is 4.40 Å². The molecule has 3 aromatic rings. The third-order valence-electron chi connectivity index (χ3n) is 4.39. The quantitative estimate of drug-likeness (QED) is 0.718. The molecule has 0 aliphatic carbocycles. The summed E-state index contributed by atoms with van der Waals surface area (Å²) in [6.45, 7) is 7.44. The van der Waals surface area contributed by atoms with Crippen molar-refractivity contribution in [2.24, 2.45) is 12.8 Å². The lowest BCUT2D eigenvalue weighted by molar-refractivity contribution is -0.118. The zero-order valence-corrected chi connectivity index (χ0v) is 14.3. The number of aryl methyl sites for hydroxylation is 2. The fourth-order valence-electron chi connectivity index (χ4n) is 3.19. The molecule has 0 saturated heterocycles. The van der Waals surface area contributed by atoms with Gasteiger partial charge in [-0.25, -0.2) is 9.36 Å². The lowest BCUT2D eigenvalue weighted by Gasteiger charge is -2.09. The molecule has 9 nitrogen and oxygen atoms in total. The Bertz CT molecular complexity index is 1110. The maximum atomic E-state index is 12.8. The smallest absolute Gasteiger partial charge is 0.332 e. The van der Waals surface area contributed by atoms with Gasteiger partial charge in [-0.3, -0.25) is 18.6 Å². The zero-order chi connectivity index (χ0) is 17.9. The molecule has 0 aliphatic rings. The highest BCUT2D eigenvalue weighted by molar-refractivity contribution is 5.78. The average Bonchev–Trinajstić information content (AvgIpc) is 2.98. The zero-order valence-electron chi connectivity index (χ0n) is 14.3. The van der Waals surface area contributed by atoms with Gasteiger partial charge in [0, 0.05) is 24.5 Å². The van der Waals surface area contributed by atoms with Crippen molar-refractivity contribution in [3.8, 4) is 0 Å². The molecule has 2 N–H and O–H groups in total. The van der Waals surface area contributed by atoms with Crippen LogP contribution in [0.1, 0.15) is 31.3 Å². The van der Waals surface area contributed by atoms with Crippen LogP contribution in [0, 0.1) is 13.8 Å². The second-order valence-corrected chi connectivity index (χ2v) is 6.25. The monoisotopic (exact) mass is 332 g/mol. The van der Waals surface area contributed by atoms with E-state index < -0.39 is 23.7 Å². The number of amides is 1. The molecular weight excluding hydrogens is 312 g/mol. The van der Waals surface area contributed by atoms with Crippen molar-refractivity contribution in [1.29, 1.82) is 0 Å². The van der Waals surface area contributed by atoms with Crippen LogP contribution in [0.3, 0.4) is 0 Å². The van der Waals surface area contributed by atoms with Crippen molar-refractivity contribution in [2.75, 3.05) is 0 Å². The van der Waals surface area contributed by atoms with Crippen molar-refractivity contribution in [2.45, 2.75) is 40.3 Å². The van der Waals surface area contributed by atoms with Crippen molar-refractivity contribution in [3.63, 3.8) is 0 Å². The largest absolute Gasteiger partial charge is 0.368 e. The standard InChI is InChI=1S/C15H20N6O3/c1-7(2)20-8(3)9(4)21-11-12(17-14(20)21)18(5)15(24)19(13(11)23)6-10(16)22/h7H,6H2,1-5H3,(H2,16,22). The third kappa shape index (κ3) is 1.93. The Balaban J connectivity index is 2.59. The van der Waals surface area contributed by atoms with E-state index in [2.05, 4.69) is 4.98 Å². The third-order valence-corrected chi connectivity index (χ3v) is 4.39. The van der Waals surface area contributed by atoms with Crippen molar-refractivity contribution < 1.29 is 4.79 Å². The number of rotatable bonds is 3. The highest BCUT2D eigenvalue weighted by atomic mass is 16.2. The van der Waals surface area contributed by atoms with Crippen molar-refractivity contribution in [1.82, 2.24) is 23.1 Å². The first-order valence-electron chi connectivity index (χ1n) is 7.64. The average molecular weight is 332 g/mol. The maximum absolute atomic E-state index is 12.8. The molecule has 0 fully saturated rings. The van der Waals surface area contributed by atoms with Gasteiger partial charge in [0.2, 0.25) is 11.7 Å². The number of hydrogen-bond donors (Lipinski definition) is 1. The molecule has 0 aliphatic heterocycles. The second kappa shape index (κ2) is 5.08. The van der Waals surface area contributed by atoms with Gasteiger partial charge in [0.25, 0.3) is 5.56 Å². The predicted molar refractivity (Wildman–Crippen MR) is 89.2 cm³/mol. The molecular formula is C15H20N6O3. The summed E-state index contributed by atoms with van der Waals surface area (Å²) in [7, 11) is 1.52. The summed E-state index contributed by atoms with van der Waals surface area (Å²) in [4.78, 5) is 40.9. The molecule has 1 amide bonds. The molecule has 3 aromatic heterocycles. The number of nitrogens with two attached hydrogens (primary N) is 1. The van der Waals surface area contributed by atoms with Gasteiger partial charge in [-0.1, -0.05) is 0 Å². The van der Waals surface area contributed by atoms with Crippen molar-refractivity contribution in [3.05, 3.63) is 32.2 Å². The highest BCUT2D eigenvalue weighted by Gasteiger charge is 2.23. The summed E-state index contributed by atoms with van der Waals surface area (Å²) >= 11 is 0. The van der Waals surface area contributed by atoms with Crippen LogP contribution in [0.4, 0.5) is 0 Å². The number of carbonyl (C=O) groups is 1. The van der Waals surface area contributed by atoms with Gasteiger partial charge < -0.3 is 10.3 Å². The van der Waals surface area contributed by atoms with E-state index in [1.165, 1.54) is 11.6 Å². The van der Waals surface area contributed by atoms with Crippen molar-refractivity contribution >= 4 is 22.8 Å². The van der Waals surface area contributed by atoms with Crippen LogP contribution < -0.4 is 17.0 Å². The number of primary amides is 1. The SMILES string of the molecule is Cc1c(C)n2c3c(=O)n(CC(N)=O)c(=O)n(C)c3nc2n1C(C)C. The van der Waals surface area contributed by atoms with Crippen LogP contribution in [0.5, 0.6) is 0 Å². The molecule has 3 rings (SSSR count). The molecule has 0 atom stereocenters. The predicted octanol–water partition coefficient (Wildman–Crippen LogP) is -0.168. The lowest BCUT2D eigenvalue weighted by atomic mass is 10.3. The Kier molecular flexibility index (Phi) is 3.40. The normalized spacial score (nSPS) is 11.9. The summed E-state index contributed by atoms with van der Waals surface area (Å²) in [5, 5.41) is 0. The number of aromatic nitrogens is 5. The van der Waals surface area contributed by atoms with Crippen LogP contribution >= 0.6 is 0 Å². The minimum atomic E-state index is -0.748. The first-order valence-corrected chi connectivity index (χ1v) is 7.64. The summed E-state index contributed by atoms with van der Waals surface area (Å²) in [6, 6.07) is 0.142. The molecule has 3 heterocycles. The Labute approximate surface area is 136 Å². The van der Waals surface area contributed by atoms with E-state index in [-0.39, 0.29) is 11.6 Å². The topological polar surface area (TPSA) is 109 Å². The Morgan fingerprint density at radius 2 is 1.83 bits per heavy atom. The summed E-state index contributed by atoms with van der Waals surface area (Å²) in [6.07, 6.45) is 0. The maximum Gasteiger partial charge on any atom is 0.332 e. The van der Waals surface area contributed by atoms with Gasteiger partial charge in [-0.05, 0) is 27.7 Å². The number of fused-ring (bicyclic) bond motifs is 3. The van der Waals surface area contributed by atoms with E-state index >= 15 is 0 Å². The van der Waals surface area contributed by atoms with E-state index in [0.717, 1.165) is 16.0 Å². The number of hydrogen-bond acceptors (Lipinski definition) is 4. The highest BCUT2D eigenvalue weighted by Crippen LogP contribution is 2.23. The number of imidazole rings is 2. The minimum absolute atomic E-state index is 0.142. The fraction of sp³-hybridized carbons (Fsp3) is 0.467. The second-order valence-electron chi connectivity index (χ2n) is 6.25. The minimum Gasteiger partial charge on any atom is -0.368 e. The Hall–Kier alpha value is -2.84. The first-order chi connectivity index (χ1) is 11.2. The molecule has 0 unspecified atom stereocenters. The van der Waals surface area contributed by atoms with E-state index in [9.17, 15) is 14.4 Å². The molecule has 0 saturated carbocycles. The van der Waals surface area contributed by atoms with Gasteiger partial charge in [0.1, 0.15) is 6.54 Å². The Morgan fingerprint density at radius 1 is 1.21 bits per heavy atom. The number of nitrogens with zero attached hydrogens (tertiary/aromatic N) is 5. The van der Waals surface area contributed by atoms with Crippen LogP contribution in [-0.4, -0.2) is 29.0 Å². The summed E-state index contributed by atoms with van der Waals surface area (Å²) in [5.74, 6) is -0.152. The Morgan fingerprint density at radius 3 is 2.38 bits per heavy atom. The van der Waals surface area contributed by atoms with E-state index in [0.29, 0.717) is 11.4 Å². The molecule has 0 bridgehead atoms. The molecule has 128 valence electrons. The fourth-order valence-corrected chi connectivity index (χ4v) is 3.19. The van der Waals surface area contributed by atoms with Gasteiger partial charge in [-0.2, -0.15) is 4.98 Å². The molecule has 0 aromatic carbocycles. The first kappa shape index (κ1) is 16.0. The summed E-state index contributed by atoms with van der Waals surface area (Å²) < 4.78 is 5.87. The molecule has 9 heteroatoms. The number of carbonyl (C=O) groups excluding carboxylic acids is 1.